The molecule has 0 radical (unpaired) electrons. The maximum Gasteiger partial charge on any atom is 0.255 e. The Labute approximate surface area is 131 Å². The largest absolute Gasteiger partial charge is 0.369 e. The van der Waals surface area contributed by atoms with Gasteiger partial charge in [-0.25, -0.2) is 4.99 Å². The summed E-state index contributed by atoms with van der Waals surface area (Å²) >= 11 is 13.5. The van der Waals surface area contributed by atoms with Gasteiger partial charge in [0.05, 0.1) is 12.0 Å². The Morgan fingerprint density at radius 2 is 1.90 bits per heavy atom. The zero-order valence-electron chi connectivity index (χ0n) is 11.2. The molecule has 0 saturated carbocycles. The highest BCUT2D eigenvalue weighted by Gasteiger charge is 2.11. The minimum atomic E-state index is 0.474. The van der Waals surface area contributed by atoms with E-state index in [-0.39, 0.29) is 0 Å². The Balaban J connectivity index is 2.51. The van der Waals surface area contributed by atoms with Crippen LogP contribution >= 0.6 is 35.0 Å². The molecule has 20 heavy (non-hydrogen) atoms. The Bertz CT molecular complexity index is 619. The molecular formula is C12H13Cl2N5S. The fraction of sp³-hybridized carbons (Fsp3) is 0.250. The number of rotatable bonds is 4. The lowest BCUT2D eigenvalue weighted by atomic mass is 10.3. The van der Waals surface area contributed by atoms with Gasteiger partial charge in [-0.05, 0) is 24.5 Å². The molecule has 1 aromatic carbocycles. The van der Waals surface area contributed by atoms with Gasteiger partial charge in [0.15, 0.2) is 0 Å². The molecule has 0 N–H and O–H groups in total. The van der Waals surface area contributed by atoms with Crippen LogP contribution < -0.4 is 0 Å². The highest BCUT2D eigenvalue weighted by atomic mass is 35.5. The van der Waals surface area contributed by atoms with E-state index in [1.807, 2.05) is 25.3 Å². The quantitative estimate of drug-likeness (QED) is 0.489. The molecule has 1 heterocycles. The minimum absolute atomic E-state index is 0.474. The lowest BCUT2D eigenvalue weighted by molar-refractivity contribution is 0.642. The average molecular weight is 330 g/mol. The van der Waals surface area contributed by atoms with Crippen molar-refractivity contribution in [2.75, 3.05) is 20.4 Å². The fourth-order valence-electron chi connectivity index (χ4n) is 1.46. The first kappa shape index (κ1) is 15.2. The second-order valence-corrected chi connectivity index (χ2v) is 5.79. The van der Waals surface area contributed by atoms with Crippen LogP contribution in [0, 0.1) is 0 Å². The molecular weight excluding hydrogens is 317 g/mol. The lowest BCUT2D eigenvalue weighted by Gasteiger charge is -2.05. The molecule has 0 amide bonds. The van der Waals surface area contributed by atoms with Crippen LogP contribution in [0.25, 0.3) is 5.69 Å². The highest BCUT2D eigenvalue weighted by molar-refractivity contribution is 7.98. The van der Waals surface area contributed by atoms with Gasteiger partial charge in [-0.15, -0.1) is 5.10 Å². The van der Waals surface area contributed by atoms with E-state index in [1.54, 1.807) is 29.2 Å². The molecule has 0 atom stereocenters. The van der Waals surface area contributed by atoms with Crippen LogP contribution in [0.3, 0.4) is 0 Å². The standard InChI is InChI=1S/C12H13Cl2N5S/c1-18(2)7-15-11-16-12(20-3)17-19(11)10-5-8(13)4-9(14)6-10/h4-7H,1-3H3/b15-7+. The third-order valence-electron chi connectivity index (χ3n) is 2.25. The molecule has 106 valence electrons. The highest BCUT2D eigenvalue weighted by Crippen LogP contribution is 2.25. The Morgan fingerprint density at radius 3 is 2.45 bits per heavy atom. The summed E-state index contributed by atoms with van der Waals surface area (Å²) in [5.74, 6) is 0.474. The molecule has 1 aromatic heterocycles. The summed E-state index contributed by atoms with van der Waals surface area (Å²) in [4.78, 5) is 10.5. The minimum Gasteiger partial charge on any atom is -0.369 e. The first-order valence-electron chi connectivity index (χ1n) is 5.67. The summed E-state index contributed by atoms with van der Waals surface area (Å²) in [5.41, 5.74) is 0.723. The van der Waals surface area contributed by atoms with E-state index in [9.17, 15) is 0 Å². The number of hydrogen-bond donors (Lipinski definition) is 0. The monoisotopic (exact) mass is 329 g/mol. The topological polar surface area (TPSA) is 46.3 Å². The summed E-state index contributed by atoms with van der Waals surface area (Å²) in [6, 6.07) is 5.20. The number of hydrogen-bond acceptors (Lipinski definition) is 4. The van der Waals surface area contributed by atoms with Crippen LogP contribution in [0.15, 0.2) is 28.3 Å². The van der Waals surface area contributed by atoms with Gasteiger partial charge in [-0.3, -0.25) is 0 Å². The third kappa shape index (κ3) is 3.65. The molecule has 8 heteroatoms. The second kappa shape index (κ2) is 6.47. The molecule has 0 saturated heterocycles. The zero-order chi connectivity index (χ0) is 14.7. The van der Waals surface area contributed by atoms with Crippen LogP contribution in [0.2, 0.25) is 10.0 Å². The SMILES string of the molecule is CSc1nc(/N=C/N(C)C)n(-c2cc(Cl)cc(Cl)c2)n1. The molecule has 0 bridgehead atoms. The van der Waals surface area contributed by atoms with Crippen LogP contribution in [-0.2, 0) is 0 Å². The molecule has 0 aliphatic carbocycles. The number of aliphatic imine (C=N–C) groups is 1. The Kier molecular flexibility index (Phi) is 4.91. The maximum atomic E-state index is 6.02. The fourth-order valence-corrected chi connectivity index (χ4v) is 2.31. The number of nitrogens with zero attached hydrogens (tertiary/aromatic N) is 5. The van der Waals surface area contributed by atoms with Crippen molar-refractivity contribution in [2.24, 2.45) is 4.99 Å². The lowest BCUT2D eigenvalue weighted by Crippen LogP contribution is -2.07. The van der Waals surface area contributed by atoms with Crippen molar-refractivity contribution in [3.8, 4) is 5.69 Å². The van der Waals surface area contributed by atoms with Gasteiger partial charge in [0.2, 0.25) is 5.16 Å². The van der Waals surface area contributed by atoms with Crippen LogP contribution in [-0.4, -0.2) is 46.4 Å². The normalized spacial score (nSPS) is 11.2. The molecule has 5 nitrogen and oxygen atoms in total. The van der Waals surface area contributed by atoms with Gasteiger partial charge in [0.25, 0.3) is 5.95 Å². The van der Waals surface area contributed by atoms with Gasteiger partial charge in [-0.1, -0.05) is 35.0 Å². The van der Waals surface area contributed by atoms with Crippen molar-refractivity contribution < 1.29 is 0 Å². The molecule has 0 unspecified atom stereocenters. The van der Waals surface area contributed by atoms with Gasteiger partial charge < -0.3 is 4.90 Å². The van der Waals surface area contributed by atoms with Crippen LogP contribution in [0.1, 0.15) is 0 Å². The van der Waals surface area contributed by atoms with Crippen molar-refractivity contribution in [3.63, 3.8) is 0 Å². The first-order chi connectivity index (χ1) is 9.49. The van der Waals surface area contributed by atoms with Crippen molar-refractivity contribution in [1.82, 2.24) is 19.7 Å². The van der Waals surface area contributed by atoms with E-state index >= 15 is 0 Å². The van der Waals surface area contributed by atoms with E-state index in [1.165, 1.54) is 11.8 Å². The summed E-state index contributed by atoms with van der Waals surface area (Å²) in [6.07, 6.45) is 3.57. The van der Waals surface area contributed by atoms with Crippen LogP contribution in [0.5, 0.6) is 0 Å². The smallest absolute Gasteiger partial charge is 0.255 e. The predicted molar refractivity (Wildman–Crippen MR) is 85.0 cm³/mol. The van der Waals surface area contributed by atoms with Gasteiger partial charge >= 0.3 is 0 Å². The summed E-state index contributed by atoms with van der Waals surface area (Å²) in [7, 11) is 3.77. The molecule has 0 fully saturated rings. The van der Waals surface area contributed by atoms with E-state index in [4.69, 9.17) is 23.2 Å². The molecule has 0 aliphatic rings. The van der Waals surface area contributed by atoms with E-state index in [2.05, 4.69) is 15.1 Å². The van der Waals surface area contributed by atoms with Gasteiger partial charge in [-0.2, -0.15) is 9.67 Å². The average Bonchev–Trinajstić information content (AvgIpc) is 2.78. The molecule has 0 aliphatic heterocycles. The van der Waals surface area contributed by atoms with Gasteiger partial charge in [0.1, 0.15) is 0 Å². The van der Waals surface area contributed by atoms with E-state index in [0.29, 0.717) is 21.2 Å². The van der Waals surface area contributed by atoms with Crippen LogP contribution in [0.4, 0.5) is 5.95 Å². The van der Waals surface area contributed by atoms with E-state index < -0.39 is 0 Å². The summed E-state index contributed by atoms with van der Waals surface area (Å²) in [5, 5.41) is 6.09. The first-order valence-corrected chi connectivity index (χ1v) is 7.66. The summed E-state index contributed by atoms with van der Waals surface area (Å²) in [6.45, 7) is 0. The predicted octanol–water partition coefficient (Wildman–Crippen LogP) is 3.52. The Morgan fingerprint density at radius 1 is 1.25 bits per heavy atom. The number of halogens is 2. The number of benzene rings is 1. The maximum absolute atomic E-state index is 6.02. The molecule has 2 rings (SSSR count). The summed E-state index contributed by atoms with van der Waals surface area (Å²) < 4.78 is 1.61. The number of aromatic nitrogens is 3. The van der Waals surface area contributed by atoms with Crippen molar-refractivity contribution >= 4 is 47.3 Å². The second-order valence-electron chi connectivity index (χ2n) is 4.15. The Hall–Kier alpha value is -1.24. The zero-order valence-corrected chi connectivity index (χ0v) is 13.5. The van der Waals surface area contributed by atoms with Crippen molar-refractivity contribution in [3.05, 3.63) is 28.2 Å². The van der Waals surface area contributed by atoms with Gasteiger partial charge in [0, 0.05) is 24.1 Å². The molecule has 2 aromatic rings. The van der Waals surface area contributed by atoms with Crippen molar-refractivity contribution in [2.45, 2.75) is 5.16 Å². The van der Waals surface area contributed by atoms with Crippen molar-refractivity contribution in [1.29, 1.82) is 0 Å². The number of thioether (sulfide) groups is 1. The molecule has 0 spiro atoms. The third-order valence-corrected chi connectivity index (χ3v) is 3.22. The van der Waals surface area contributed by atoms with E-state index in [0.717, 1.165) is 5.69 Å².